The second kappa shape index (κ2) is 11.4. The number of amides is 1. The van der Waals surface area contributed by atoms with Crippen LogP contribution in [0, 0.1) is 0 Å². The van der Waals surface area contributed by atoms with Crippen molar-refractivity contribution >= 4 is 11.9 Å². The molecular formula is C19H29NO6. The lowest BCUT2D eigenvalue weighted by Gasteiger charge is -2.23. The first kappa shape index (κ1) is 21.8. The van der Waals surface area contributed by atoms with Crippen molar-refractivity contribution in [2.24, 2.45) is 0 Å². The second-order valence-electron chi connectivity index (χ2n) is 5.96. The minimum absolute atomic E-state index is 0.139. The molecular weight excluding hydrogens is 338 g/mol. The number of hydrogen-bond donors (Lipinski definition) is 0. The van der Waals surface area contributed by atoms with Crippen molar-refractivity contribution in [1.29, 1.82) is 0 Å². The highest BCUT2D eigenvalue weighted by Crippen LogP contribution is 2.28. The zero-order valence-electron chi connectivity index (χ0n) is 16.2. The summed E-state index contributed by atoms with van der Waals surface area (Å²) in [5.41, 5.74) is 0.470. The van der Waals surface area contributed by atoms with Gasteiger partial charge in [-0.05, 0) is 38.5 Å². The molecule has 0 atom stereocenters. The highest BCUT2D eigenvalue weighted by atomic mass is 16.5. The normalized spacial score (nSPS) is 10.5. The van der Waals surface area contributed by atoms with Crippen molar-refractivity contribution in [3.63, 3.8) is 0 Å². The van der Waals surface area contributed by atoms with Gasteiger partial charge in [-0.25, -0.2) is 0 Å². The number of carbonyl (C=O) groups is 2. The molecule has 7 nitrogen and oxygen atoms in total. The second-order valence-corrected chi connectivity index (χ2v) is 5.96. The molecule has 146 valence electrons. The zero-order chi connectivity index (χ0) is 19.5. The fourth-order valence-electron chi connectivity index (χ4n) is 2.37. The summed E-state index contributed by atoms with van der Waals surface area (Å²) in [6, 6.07) is 5.00. The number of esters is 1. The molecule has 0 aliphatic heterocycles. The number of rotatable bonds is 11. The van der Waals surface area contributed by atoms with Crippen LogP contribution in [0.2, 0.25) is 0 Å². The maximum atomic E-state index is 12.9. The molecule has 0 aliphatic rings. The lowest BCUT2D eigenvalue weighted by atomic mass is 10.1. The molecule has 0 heterocycles. The van der Waals surface area contributed by atoms with Crippen LogP contribution in [0.1, 0.15) is 37.0 Å². The van der Waals surface area contributed by atoms with Gasteiger partial charge in [0.25, 0.3) is 5.91 Å². The van der Waals surface area contributed by atoms with Crippen LogP contribution in [0.15, 0.2) is 18.2 Å². The Labute approximate surface area is 155 Å². The third-order valence-electron chi connectivity index (χ3n) is 3.75. The summed E-state index contributed by atoms with van der Waals surface area (Å²) in [6.07, 6.45) is 0.957. The van der Waals surface area contributed by atoms with E-state index in [2.05, 4.69) is 4.74 Å². The van der Waals surface area contributed by atoms with Gasteiger partial charge in [-0.2, -0.15) is 0 Å². The van der Waals surface area contributed by atoms with Gasteiger partial charge in [0, 0.05) is 25.3 Å². The maximum Gasteiger partial charge on any atom is 0.307 e. The van der Waals surface area contributed by atoms with Crippen LogP contribution >= 0.6 is 0 Å². The van der Waals surface area contributed by atoms with E-state index in [-0.39, 0.29) is 30.9 Å². The van der Waals surface area contributed by atoms with Crippen molar-refractivity contribution in [3.05, 3.63) is 23.8 Å². The first-order valence-corrected chi connectivity index (χ1v) is 8.62. The fraction of sp³-hybridized carbons (Fsp3) is 0.579. The molecule has 0 unspecified atom stereocenters. The number of methoxy groups -OCH3 is 3. The van der Waals surface area contributed by atoms with Gasteiger partial charge in [0.05, 0.1) is 33.9 Å². The Morgan fingerprint density at radius 1 is 1.04 bits per heavy atom. The van der Waals surface area contributed by atoms with E-state index in [1.165, 1.54) is 21.3 Å². The van der Waals surface area contributed by atoms with E-state index in [0.717, 1.165) is 0 Å². The summed E-state index contributed by atoms with van der Waals surface area (Å²) in [4.78, 5) is 26.0. The molecule has 1 aromatic rings. The largest absolute Gasteiger partial charge is 0.493 e. The molecule has 0 aliphatic carbocycles. The lowest BCUT2D eigenvalue weighted by molar-refractivity contribution is -0.140. The third-order valence-corrected chi connectivity index (χ3v) is 3.75. The number of hydrogen-bond acceptors (Lipinski definition) is 6. The summed E-state index contributed by atoms with van der Waals surface area (Å²) in [5, 5.41) is 0. The van der Waals surface area contributed by atoms with E-state index >= 15 is 0 Å². The van der Waals surface area contributed by atoms with E-state index in [4.69, 9.17) is 14.2 Å². The lowest BCUT2D eigenvalue weighted by Crippen LogP contribution is -2.34. The molecule has 0 aromatic heterocycles. The smallest absolute Gasteiger partial charge is 0.307 e. The first-order chi connectivity index (χ1) is 12.4. The van der Waals surface area contributed by atoms with Crippen molar-refractivity contribution < 1.29 is 28.5 Å². The highest BCUT2D eigenvalue weighted by Gasteiger charge is 2.19. The molecule has 0 spiro atoms. The van der Waals surface area contributed by atoms with E-state index in [1.807, 2.05) is 13.8 Å². The number of carbonyl (C=O) groups excluding carboxylic acids is 2. The molecule has 0 radical (unpaired) electrons. The van der Waals surface area contributed by atoms with E-state index < -0.39 is 0 Å². The van der Waals surface area contributed by atoms with Gasteiger partial charge in [-0.3, -0.25) is 9.59 Å². The summed E-state index contributed by atoms with van der Waals surface area (Å²) < 4.78 is 20.7. The predicted molar refractivity (Wildman–Crippen MR) is 97.8 cm³/mol. The maximum absolute atomic E-state index is 12.9. The van der Waals surface area contributed by atoms with Gasteiger partial charge in [-0.15, -0.1) is 0 Å². The topological polar surface area (TPSA) is 74.3 Å². The van der Waals surface area contributed by atoms with Crippen LogP contribution in [0.4, 0.5) is 0 Å². The average molecular weight is 367 g/mol. The summed E-state index contributed by atoms with van der Waals surface area (Å²) in [7, 11) is 4.39. The molecule has 7 heteroatoms. The first-order valence-electron chi connectivity index (χ1n) is 8.62. The van der Waals surface area contributed by atoms with Crippen LogP contribution in [0.25, 0.3) is 0 Å². The monoisotopic (exact) mass is 367 g/mol. The van der Waals surface area contributed by atoms with Crippen molar-refractivity contribution in [2.45, 2.75) is 32.8 Å². The molecule has 0 saturated carbocycles. The Morgan fingerprint density at radius 3 is 2.31 bits per heavy atom. The molecule has 0 fully saturated rings. The van der Waals surface area contributed by atoms with E-state index in [1.54, 1.807) is 23.1 Å². The number of ether oxygens (including phenoxy) is 4. The number of nitrogens with zero attached hydrogens (tertiary/aromatic N) is 1. The Balaban J connectivity index is 2.85. The van der Waals surface area contributed by atoms with Crippen LogP contribution in [-0.4, -0.2) is 63.9 Å². The van der Waals surface area contributed by atoms with Gasteiger partial charge in [-0.1, -0.05) is 0 Å². The van der Waals surface area contributed by atoms with Crippen LogP contribution in [0.5, 0.6) is 11.5 Å². The Morgan fingerprint density at radius 2 is 1.73 bits per heavy atom. The quantitative estimate of drug-likeness (QED) is 0.442. The van der Waals surface area contributed by atoms with Gasteiger partial charge >= 0.3 is 5.97 Å². The van der Waals surface area contributed by atoms with Crippen molar-refractivity contribution in [2.75, 3.05) is 41.0 Å². The number of benzene rings is 1. The van der Waals surface area contributed by atoms with Crippen molar-refractivity contribution in [1.82, 2.24) is 4.90 Å². The highest BCUT2D eigenvalue weighted by molar-refractivity contribution is 5.95. The fourth-order valence-corrected chi connectivity index (χ4v) is 2.37. The van der Waals surface area contributed by atoms with E-state index in [0.29, 0.717) is 36.6 Å². The van der Waals surface area contributed by atoms with Gasteiger partial charge in [0.15, 0.2) is 11.5 Å². The summed E-state index contributed by atoms with van der Waals surface area (Å²) in [6.45, 7) is 5.23. The average Bonchev–Trinajstić information content (AvgIpc) is 2.65. The molecule has 1 aromatic carbocycles. The SMILES string of the molecule is COC(=O)CCN(CCCOC(C)C)C(=O)c1ccc(OC)c(OC)c1. The molecule has 0 saturated heterocycles. The van der Waals surface area contributed by atoms with Gasteiger partial charge in [0.2, 0.25) is 0 Å². The van der Waals surface area contributed by atoms with E-state index in [9.17, 15) is 9.59 Å². The van der Waals surface area contributed by atoms with Crippen LogP contribution < -0.4 is 9.47 Å². The molecule has 1 amide bonds. The van der Waals surface area contributed by atoms with Crippen LogP contribution in [-0.2, 0) is 14.3 Å². The van der Waals surface area contributed by atoms with Crippen molar-refractivity contribution in [3.8, 4) is 11.5 Å². The minimum atomic E-state index is -0.353. The zero-order valence-corrected chi connectivity index (χ0v) is 16.2. The standard InChI is InChI=1S/C19H29NO6/c1-14(2)26-12-6-10-20(11-9-18(21)25-5)19(22)15-7-8-16(23-3)17(13-15)24-4/h7-8,13-14H,6,9-12H2,1-5H3. The Bertz CT molecular complexity index is 587. The summed E-state index contributed by atoms with van der Waals surface area (Å²) in [5.74, 6) is 0.498. The minimum Gasteiger partial charge on any atom is -0.493 e. The molecule has 0 bridgehead atoms. The summed E-state index contributed by atoms with van der Waals surface area (Å²) >= 11 is 0. The molecule has 0 N–H and O–H groups in total. The van der Waals surface area contributed by atoms with Gasteiger partial charge < -0.3 is 23.8 Å². The Kier molecular flexibility index (Phi) is 9.51. The molecule has 1 rings (SSSR count). The predicted octanol–water partition coefficient (Wildman–Crippen LogP) is 2.52. The Hall–Kier alpha value is -2.28. The van der Waals surface area contributed by atoms with Gasteiger partial charge in [0.1, 0.15) is 0 Å². The third kappa shape index (κ3) is 6.92. The van der Waals surface area contributed by atoms with Crippen LogP contribution in [0.3, 0.4) is 0 Å². The molecule has 26 heavy (non-hydrogen) atoms.